The van der Waals surface area contributed by atoms with Gasteiger partial charge in [-0.3, -0.25) is 0 Å². The van der Waals surface area contributed by atoms with Crippen LogP contribution in [0, 0.1) is 0 Å². The number of benzene rings is 2. The normalized spacial score (nSPS) is 13.9. The summed E-state index contributed by atoms with van der Waals surface area (Å²) in [6.07, 6.45) is -1.86. The van der Waals surface area contributed by atoms with Gasteiger partial charge in [0.15, 0.2) is 0 Å². The Balaban J connectivity index is 2.04. The lowest BCUT2D eigenvalue weighted by molar-refractivity contribution is 0.0423. The number of ether oxygens (including phenoxy) is 2. The van der Waals surface area contributed by atoms with Gasteiger partial charge in [-0.2, -0.15) is 8.78 Å². The van der Waals surface area contributed by atoms with Crippen molar-refractivity contribution in [2.45, 2.75) is 18.1 Å². The molecule has 148 valence electrons. The molecule has 27 heavy (non-hydrogen) atoms. The summed E-state index contributed by atoms with van der Waals surface area (Å²) in [5.74, 6) is -2.54. The first-order chi connectivity index (χ1) is 12.9. The van der Waals surface area contributed by atoms with E-state index in [9.17, 15) is 19.0 Å². The Morgan fingerprint density at radius 2 is 1.22 bits per heavy atom. The van der Waals surface area contributed by atoms with Crippen molar-refractivity contribution < 1.29 is 33.6 Å². The zero-order valence-electron chi connectivity index (χ0n) is 14.4. The summed E-state index contributed by atoms with van der Waals surface area (Å²) in [4.78, 5) is 0. The van der Waals surface area contributed by atoms with Crippen LogP contribution in [0.3, 0.4) is 0 Å². The first-order valence-corrected chi connectivity index (χ1v) is 8.77. The highest BCUT2D eigenvalue weighted by Crippen LogP contribution is 2.37. The summed E-state index contributed by atoms with van der Waals surface area (Å²) < 4.78 is 39.8. The second-order valence-corrected chi connectivity index (χ2v) is 6.20. The summed E-state index contributed by atoms with van der Waals surface area (Å²) in [7, 11) is 0. The molecule has 0 spiro atoms. The molecule has 5 nitrogen and oxygen atoms in total. The Labute approximate surface area is 160 Å². The quantitative estimate of drug-likeness (QED) is 0.532. The van der Waals surface area contributed by atoms with Gasteiger partial charge in [-0.05, 0) is 48.5 Å². The fraction of sp³-hybridized carbons (Fsp3) is 0.368. The molecule has 0 radical (unpaired) electrons. The predicted octanol–water partition coefficient (Wildman–Crippen LogP) is 2.54. The van der Waals surface area contributed by atoms with E-state index in [-0.39, 0.29) is 30.2 Å². The summed E-state index contributed by atoms with van der Waals surface area (Å²) in [5.41, 5.74) is -0.430. The van der Waals surface area contributed by atoms with Gasteiger partial charge in [-0.15, -0.1) is 11.6 Å². The van der Waals surface area contributed by atoms with Crippen molar-refractivity contribution in [1.82, 2.24) is 0 Å². The second kappa shape index (κ2) is 9.85. The molecule has 0 saturated heterocycles. The van der Waals surface area contributed by atoms with Gasteiger partial charge >= 0.3 is 0 Å². The van der Waals surface area contributed by atoms with Crippen LogP contribution in [0.4, 0.5) is 8.78 Å². The third-order valence-corrected chi connectivity index (χ3v) is 4.06. The maximum absolute atomic E-state index is 14.7. The topological polar surface area (TPSA) is 79.2 Å². The van der Waals surface area contributed by atoms with Crippen molar-refractivity contribution in [2.24, 2.45) is 0 Å². The largest absolute Gasteiger partial charge is 0.491 e. The Hall–Kier alpha value is -1.93. The molecule has 0 heterocycles. The maximum atomic E-state index is 14.7. The highest BCUT2D eigenvalue weighted by atomic mass is 35.5. The Morgan fingerprint density at radius 1 is 0.815 bits per heavy atom. The second-order valence-electron chi connectivity index (χ2n) is 5.89. The lowest BCUT2D eigenvalue weighted by Gasteiger charge is -2.18. The van der Waals surface area contributed by atoms with E-state index in [1.54, 1.807) is 0 Å². The number of rotatable bonds is 10. The molecule has 0 saturated carbocycles. The van der Waals surface area contributed by atoms with Gasteiger partial charge in [-0.25, -0.2) is 0 Å². The number of hydrogen-bond acceptors (Lipinski definition) is 5. The van der Waals surface area contributed by atoms with Gasteiger partial charge in [0.05, 0.1) is 12.5 Å². The Bertz CT molecular complexity index is 635. The molecule has 2 rings (SSSR count). The minimum atomic E-state index is -3.22. The Kier molecular flexibility index (Phi) is 7.79. The van der Waals surface area contributed by atoms with Crippen LogP contribution in [0.2, 0.25) is 0 Å². The lowest BCUT2D eigenvalue weighted by Crippen LogP contribution is -2.21. The van der Waals surface area contributed by atoms with Gasteiger partial charge in [-0.1, -0.05) is 0 Å². The number of aliphatic hydroxyl groups is 3. The van der Waals surface area contributed by atoms with Gasteiger partial charge in [0.1, 0.15) is 36.9 Å². The van der Waals surface area contributed by atoms with Crippen molar-refractivity contribution in [3.8, 4) is 11.5 Å². The van der Waals surface area contributed by atoms with E-state index in [2.05, 4.69) is 0 Å². The van der Waals surface area contributed by atoms with E-state index in [0.717, 1.165) is 0 Å². The standard InChI is InChI=1S/C19H21ClF2O5/c20-9-15(24)11-26-17-5-1-13(2-6-17)19(21,22)14-3-7-18(8-4-14)27-12-16(25)10-23/h1-8,15-16,23-25H,9-12H2. The third kappa shape index (κ3) is 6.04. The highest BCUT2D eigenvalue weighted by Gasteiger charge is 2.33. The predicted molar refractivity (Wildman–Crippen MR) is 96.7 cm³/mol. The average molecular weight is 403 g/mol. The molecule has 0 amide bonds. The molecule has 2 aromatic rings. The zero-order chi connectivity index (χ0) is 19.9. The molecular formula is C19H21ClF2O5. The summed E-state index contributed by atoms with van der Waals surface area (Å²) in [6, 6.07) is 10.5. The van der Waals surface area contributed by atoms with E-state index >= 15 is 0 Å². The smallest absolute Gasteiger partial charge is 0.298 e. The van der Waals surface area contributed by atoms with Crippen LogP contribution >= 0.6 is 11.6 Å². The third-order valence-electron chi connectivity index (χ3n) is 3.71. The molecule has 0 aromatic heterocycles. The summed E-state index contributed by atoms with van der Waals surface area (Å²) in [5, 5.41) is 27.3. The molecule has 3 N–H and O–H groups in total. The van der Waals surface area contributed by atoms with E-state index in [1.807, 2.05) is 0 Å². The zero-order valence-corrected chi connectivity index (χ0v) is 15.1. The van der Waals surface area contributed by atoms with Gasteiger partial charge in [0.2, 0.25) is 0 Å². The minimum absolute atomic E-state index is 0.0221. The van der Waals surface area contributed by atoms with E-state index in [4.69, 9.17) is 26.2 Å². The van der Waals surface area contributed by atoms with Gasteiger partial charge < -0.3 is 24.8 Å². The molecule has 2 unspecified atom stereocenters. The molecule has 2 atom stereocenters. The van der Waals surface area contributed by atoms with Crippen molar-refractivity contribution >= 4 is 11.6 Å². The van der Waals surface area contributed by atoms with Crippen molar-refractivity contribution in [1.29, 1.82) is 0 Å². The molecular weight excluding hydrogens is 382 g/mol. The SMILES string of the molecule is OCC(O)COc1ccc(C(F)(F)c2ccc(OCC(O)CCl)cc2)cc1. The van der Waals surface area contributed by atoms with Crippen LogP contribution < -0.4 is 9.47 Å². The molecule has 8 heteroatoms. The van der Waals surface area contributed by atoms with Crippen LogP contribution in [-0.2, 0) is 5.92 Å². The van der Waals surface area contributed by atoms with Crippen LogP contribution in [0.15, 0.2) is 48.5 Å². The maximum Gasteiger partial charge on any atom is 0.298 e. The van der Waals surface area contributed by atoms with E-state index < -0.39 is 24.7 Å². The van der Waals surface area contributed by atoms with Gasteiger partial charge in [0.25, 0.3) is 5.92 Å². The number of hydrogen-bond donors (Lipinski definition) is 3. The average Bonchev–Trinajstić information content (AvgIpc) is 2.70. The highest BCUT2D eigenvalue weighted by molar-refractivity contribution is 6.18. The van der Waals surface area contributed by atoms with Crippen molar-refractivity contribution in [3.63, 3.8) is 0 Å². The molecule has 0 aliphatic carbocycles. The van der Waals surface area contributed by atoms with Crippen LogP contribution in [-0.4, -0.2) is 53.2 Å². The molecule has 0 fully saturated rings. The van der Waals surface area contributed by atoms with Crippen LogP contribution in [0.5, 0.6) is 11.5 Å². The molecule has 0 aliphatic rings. The first-order valence-electron chi connectivity index (χ1n) is 8.24. The van der Waals surface area contributed by atoms with Crippen LogP contribution in [0.1, 0.15) is 11.1 Å². The molecule has 0 aliphatic heterocycles. The first kappa shape index (κ1) is 21.4. The minimum Gasteiger partial charge on any atom is -0.491 e. The fourth-order valence-electron chi connectivity index (χ4n) is 2.17. The van der Waals surface area contributed by atoms with Crippen molar-refractivity contribution in [3.05, 3.63) is 59.7 Å². The summed E-state index contributed by atoms with van der Waals surface area (Å²) >= 11 is 5.46. The van der Waals surface area contributed by atoms with Crippen molar-refractivity contribution in [2.75, 3.05) is 25.7 Å². The molecule has 0 bridgehead atoms. The Morgan fingerprint density at radius 3 is 1.59 bits per heavy atom. The van der Waals surface area contributed by atoms with Gasteiger partial charge in [0, 0.05) is 11.1 Å². The van der Waals surface area contributed by atoms with E-state index in [0.29, 0.717) is 11.5 Å². The number of halogens is 3. The number of alkyl halides is 3. The summed E-state index contributed by atoms with van der Waals surface area (Å²) in [6.45, 7) is -0.599. The van der Waals surface area contributed by atoms with Crippen LogP contribution in [0.25, 0.3) is 0 Å². The number of aliphatic hydroxyl groups excluding tert-OH is 3. The fourth-order valence-corrected chi connectivity index (χ4v) is 2.26. The lowest BCUT2D eigenvalue weighted by atomic mass is 10.0. The van der Waals surface area contributed by atoms with E-state index in [1.165, 1.54) is 48.5 Å². The monoisotopic (exact) mass is 402 g/mol. The molecule has 2 aromatic carbocycles.